The van der Waals surface area contributed by atoms with Crippen molar-refractivity contribution in [2.24, 2.45) is 5.73 Å². The van der Waals surface area contributed by atoms with Gasteiger partial charge in [0.25, 0.3) is 0 Å². The summed E-state index contributed by atoms with van der Waals surface area (Å²) < 4.78 is 0. The van der Waals surface area contributed by atoms with Crippen LogP contribution in [0.5, 0.6) is 0 Å². The number of rotatable bonds is 1. The molecule has 0 fully saturated rings. The van der Waals surface area contributed by atoms with Gasteiger partial charge in [0.05, 0.1) is 5.51 Å². The molecule has 0 bridgehead atoms. The first-order chi connectivity index (χ1) is 7.29. The van der Waals surface area contributed by atoms with E-state index in [1.165, 1.54) is 0 Å². The summed E-state index contributed by atoms with van der Waals surface area (Å²) in [5, 5.41) is 5.04. The maximum Gasteiger partial charge on any atom is 0.168 e. The molecule has 0 radical (unpaired) electrons. The molecule has 3 nitrogen and oxygen atoms in total. The highest BCUT2D eigenvalue weighted by molar-refractivity contribution is 7.80. The Bertz CT molecular complexity index is 356. The molecule has 0 spiro atoms. The summed E-state index contributed by atoms with van der Waals surface area (Å²) in [6.07, 6.45) is 1.77. The zero-order chi connectivity index (χ0) is 10.9. The van der Waals surface area contributed by atoms with Crippen molar-refractivity contribution in [3.63, 3.8) is 0 Å². The average Bonchev–Trinajstić information content (AvgIpc) is 2.76. The van der Waals surface area contributed by atoms with Gasteiger partial charge in [-0.2, -0.15) is 0 Å². The summed E-state index contributed by atoms with van der Waals surface area (Å²) in [7, 11) is 0. The van der Waals surface area contributed by atoms with Crippen LogP contribution in [0.2, 0.25) is 0 Å². The lowest BCUT2D eigenvalue weighted by atomic mass is 10.3. The van der Waals surface area contributed by atoms with Gasteiger partial charge in [0.15, 0.2) is 5.11 Å². The Labute approximate surface area is 98.0 Å². The Kier molecular flexibility index (Phi) is 5.35. The van der Waals surface area contributed by atoms with Crippen LogP contribution in [0.15, 0.2) is 47.4 Å². The Hall–Kier alpha value is -1.46. The summed E-state index contributed by atoms with van der Waals surface area (Å²) in [6, 6.07) is 9.57. The standard InChI is InChI=1S/C7H8N2S.C3H3NS/c8-7(10)9-6-4-2-1-3-5-6;1-2-5-3-4-1/h1-5H,(H3,8,9,10);1-3H. The molecule has 5 heteroatoms. The first kappa shape index (κ1) is 11.6. The van der Waals surface area contributed by atoms with Crippen LogP contribution < -0.4 is 11.1 Å². The van der Waals surface area contributed by atoms with Crippen molar-refractivity contribution >= 4 is 34.4 Å². The van der Waals surface area contributed by atoms with E-state index in [0.29, 0.717) is 5.11 Å². The lowest BCUT2D eigenvalue weighted by molar-refractivity contribution is 1.43. The normalized spacial score (nSPS) is 8.53. The maximum atomic E-state index is 5.24. The molecule has 78 valence electrons. The van der Waals surface area contributed by atoms with Crippen LogP contribution in [-0.2, 0) is 0 Å². The van der Waals surface area contributed by atoms with E-state index in [2.05, 4.69) is 22.5 Å². The van der Waals surface area contributed by atoms with E-state index in [9.17, 15) is 0 Å². The largest absolute Gasteiger partial charge is 0.376 e. The molecule has 1 heterocycles. The molecular weight excluding hydrogens is 226 g/mol. The third kappa shape index (κ3) is 5.77. The second-order valence-electron chi connectivity index (χ2n) is 2.53. The number of anilines is 1. The van der Waals surface area contributed by atoms with Gasteiger partial charge in [-0.25, -0.2) is 0 Å². The van der Waals surface area contributed by atoms with Gasteiger partial charge >= 0.3 is 0 Å². The first-order valence-electron chi connectivity index (χ1n) is 4.22. The molecule has 0 aliphatic heterocycles. The van der Waals surface area contributed by atoms with Crippen LogP contribution in [-0.4, -0.2) is 10.1 Å². The molecule has 0 unspecified atom stereocenters. The second kappa shape index (κ2) is 6.92. The van der Waals surface area contributed by atoms with E-state index in [4.69, 9.17) is 5.73 Å². The molecule has 0 saturated heterocycles. The fraction of sp³-hybridized carbons (Fsp3) is 0. The second-order valence-corrected chi connectivity index (χ2v) is 3.73. The van der Waals surface area contributed by atoms with Gasteiger partial charge in [-0.05, 0) is 24.4 Å². The zero-order valence-electron chi connectivity index (χ0n) is 7.96. The van der Waals surface area contributed by atoms with Gasteiger partial charge in [0.1, 0.15) is 0 Å². The number of nitrogens with zero attached hydrogens (tertiary/aromatic N) is 1. The molecule has 1 aromatic heterocycles. The summed E-state index contributed by atoms with van der Waals surface area (Å²) in [5.74, 6) is 0. The lowest BCUT2D eigenvalue weighted by Crippen LogP contribution is -2.18. The fourth-order valence-electron chi connectivity index (χ4n) is 0.839. The van der Waals surface area contributed by atoms with E-state index in [1.807, 2.05) is 35.7 Å². The number of benzene rings is 1. The third-order valence-corrected chi connectivity index (χ3v) is 2.01. The molecular formula is C10H11N3S2. The number of para-hydroxylation sites is 1. The Morgan fingerprint density at radius 1 is 1.33 bits per heavy atom. The molecule has 1 aromatic carbocycles. The minimum absolute atomic E-state index is 0.297. The average molecular weight is 237 g/mol. The van der Waals surface area contributed by atoms with E-state index in [-0.39, 0.29) is 0 Å². The minimum atomic E-state index is 0.297. The molecule has 0 saturated carbocycles. The lowest BCUT2D eigenvalue weighted by Gasteiger charge is -2.00. The smallest absolute Gasteiger partial charge is 0.168 e. The topological polar surface area (TPSA) is 50.9 Å². The number of nitrogens with one attached hydrogen (secondary N) is 1. The van der Waals surface area contributed by atoms with Crippen LogP contribution in [0.1, 0.15) is 0 Å². The first-order valence-corrected chi connectivity index (χ1v) is 5.58. The van der Waals surface area contributed by atoms with Crippen LogP contribution in [0.3, 0.4) is 0 Å². The fourth-order valence-corrected chi connectivity index (χ4v) is 1.31. The van der Waals surface area contributed by atoms with Crippen LogP contribution >= 0.6 is 23.6 Å². The highest BCUT2D eigenvalue weighted by atomic mass is 32.1. The predicted octanol–water partition coefficient (Wildman–Crippen LogP) is 2.49. The SMILES string of the molecule is NC(=S)Nc1ccccc1.c1cscn1. The van der Waals surface area contributed by atoms with Crippen molar-refractivity contribution in [1.82, 2.24) is 4.98 Å². The van der Waals surface area contributed by atoms with Gasteiger partial charge in [-0.1, -0.05) is 18.2 Å². The third-order valence-electron chi connectivity index (χ3n) is 1.39. The van der Waals surface area contributed by atoms with Gasteiger partial charge in [-0.3, -0.25) is 4.98 Å². The minimum Gasteiger partial charge on any atom is -0.376 e. The Balaban J connectivity index is 0.000000187. The van der Waals surface area contributed by atoms with Crippen molar-refractivity contribution in [2.45, 2.75) is 0 Å². The maximum absolute atomic E-state index is 5.24. The van der Waals surface area contributed by atoms with E-state index in [1.54, 1.807) is 23.0 Å². The van der Waals surface area contributed by atoms with Crippen LogP contribution in [0.25, 0.3) is 0 Å². The predicted molar refractivity (Wildman–Crippen MR) is 69.0 cm³/mol. The molecule has 2 aromatic rings. The van der Waals surface area contributed by atoms with Crippen molar-refractivity contribution in [3.05, 3.63) is 47.4 Å². The Morgan fingerprint density at radius 3 is 2.47 bits per heavy atom. The van der Waals surface area contributed by atoms with Crippen molar-refractivity contribution in [3.8, 4) is 0 Å². The van der Waals surface area contributed by atoms with Crippen molar-refractivity contribution < 1.29 is 0 Å². The summed E-state index contributed by atoms with van der Waals surface area (Å²) in [4.78, 5) is 3.74. The molecule has 15 heavy (non-hydrogen) atoms. The molecule has 0 aliphatic rings. The summed E-state index contributed by atoms with van der Waals surface area (Å²) in [6.45, 7) is 0. The number of hydrogen-bond acceptors (Lipinski definition) is 3. The van der Waals surface area contributed by atoms with E-state index in [0.717, 1.165) is 5.69 Å². The number of hydrogen-bond donors (Lipinski definition) is 2. The highest BCUT2D eigenvalue weighted by Gasteiger charge is 1.87. The van der Waals surface area contributed by atoms with Gasteiger partial charge in [0.2, 0.25) is 0 Å². The van der Waals surface area contributed by atoms with Crippen molar-refractivity contribution in [2.75, 3.05) is 5.32 Å². The number of thiocarbonyl (C=S) groups is 1. The van der Waals surface area contributed by atoms with Crippen LogP contribution in [0, 0.1) is 0 Å². The molecule has 0 atom stereocenters. The molecule has 2 rings (SSSR count). The monoisotopic (exact) mass is 237 g/mol. The van der Waals surface area contributed by atoms with Gasteiger partial charge in [0, 0.05) is 17.3 Å². The summed E-state index contributed by atoms with van der Waals surface area (Å²) in [5.41, 5.74) is 7.96. The van der Waals surface area contributed by atoms with Gasteiger partial charge < -0.3 is 11.1 Å². The van der Waals surface area contributed by atoms with Crippen LogP contribution in [0.4, 0.5) is 5.69 Å². The molecule has 0 amide bonds. The quantitative estimate of drug-likeness (QED) is 0.748. The summed E-state index contributed by atoms with van der Waals surface area (Å²) >= 11 is 6.25. The van der Waals surface area contributed by atoms with Crippen molar-refractivity contribution in [1.29, 1.82) is 0 Å². The molecule has 3 N–H and O–H groups in total. The van der Waals surface area contributed by atoms with Gasteiger partial charge in [-0.15, -0.1) is 11.3 Å². The number of nitrogens with two attached hydrogens (primary N) is 1. The Morgan fingerprint density at radius 2 is 2.07 bits per heavy atom. The zero-order valence-corrected chi connectivity index (χ0v) is 9.59. The molecule has 0 aliphatic carbocycles. The number of aromatic nitrogens is 1. The van der Waals surface area contributed by atoms with E-state index >= 15 is 0 Å². The highest BCUT2D eigenvalue weighted by Crippen LogP contribution is 2.03. The van der Waals surface area contributed by atoms with E-state index < -0.39 is 0 Å². The number of thiazole rings is 1.